The molecule has 1 aliphatic heterocycles. The predicted octanol–water partition coefficient (Wildman–Crippen LogP) is 2.62. The summed E-state index contributed by atoms with van der Waals surface area (Å²) < 4.78 is 0. The molecule has 0 spiro atoms. The van der Waals surface area contributed by atoms with Crippen LogP contribution in [0.4, 0.5) is 0 Å². The van der Waals surface area contributed by atoms with Crippen molar-refractivity contribution >= 4 is 0 Å². The number of allylic oxidation sites excluding steroid dienone is 1. The fraction of sp³-hybridized carbons (Fsp3) is 0.846. The van der Waals surface area contributed by atoms with Crippen molar-refractivity contribution in [3.63, 3.8) is 0 Å². The van der Waals surface area contributed by atoms with Gasteiger partial charge in [0.05, 0.1) is 0 Å². The molecule has 0 atom stereocenters. The minimum absolute atomic E-state index is 0.909. The highest BCUT2D eigenvalue weighted by Crippen LogP contribution is 2.17. The van der Waals surface area contributed by atoms with Crippen LogP contribution in [0.25, 0.3) is 0 Å². The molecule has 1 saturated heterocycles. The third-order valence-corrected chi connectivity index (χ3v) is 3.14. The monoisotopic (exact) mass is 210 g/mol. The average Bonchev–Trinajstić information content (AvgIpc) is 2.15. The van der Waals surface area contributed by atoms with E-state index >= 15 is 0 Å². The molecule has 0 aromatic rings. The van der Waals surface area contributed by atoms with Gasteiger partial charge in [-0.05, 0) is 44.7 Å². The number of rotatable bonds is 8. The van der Waals surface area contributed by atoms with Gasteiger partial charge >= 0.3 is 0 Å². The van der Waals surface area contributed by atoms with Crippen molar-refractivity contribution in [2.45, 2.75) is 39.5 Å². The molecule has 0 saturated carbocycles. The Morgan fingerprint density at radius 3 is 2.27 bits per heavy atom. The fourth-order valence-corrected chi connectivity index (χ4v) is 2.05. The molecule has 0 bridgehead atoms. The molecule has 1 fully saturated rings. The van der Waals surface area contributed by atoms with Crippen molar-refractivity contribution in [3.05, 3.63) is 12.3 Å². The van der Waals surface area contributed by atoms with Crippen LogP contribution in [0.15, 0.2) is 12.3 Å². The number of hydrogen-bond acceptors (Lipinski definition) is 2. The van der Waals surface area contributed by atoms with E-state index in [2.05, 4.69) is 30.6 Å². The first-order valence-corrected chi connectivity index (χ1v) is 6.41. The van der Waals surface area contributed by atoms with Gasteiger partial charge in [-0.3, -0.25) is 0 Å². The van der Waals surface area contributed by atoms with Gasteiger partial charge in [0.15, 0.2) is 0 Å². The van der Waals surface area contributed by atoms with E-state index in [1.807, 2.05) is 0 Å². The normalized spacial score (nSPS) is 16.1. The second kappa shape index (κ2) is 6.89. The van der Waals surface area contributed by atoms with Crippen molar-refractivity contribution in [1.82, 2.24) is 10.2 Å². The maximum absolute atomic E-state index is 4.23. The molecule has 1 aliphatic rings. The molecule has 0 amide bonds. The first-order chi connectivity index (χ1) is 7.27. The fourth-order valence-electron chi connectivity index (χ4n) is 2.05. The molecule has 0 aromatic carbocycles. The Morgan fingerprint density at radius 1 is 1.27 bits per heavy atom. The summed E-state index contributed by atoms with van der Waals surface area (Å²) in [5.74, 6) is 0.909. The van der Waals surface area contributed by atoms with Crippen LogP contribution in [0.3, 0.4) is 0 Å². The maximum Gasteiger partial charge on any atom is 0.0172 e. The predicted molar refractivity (Wildman–Crippen MR) is 66.9 cm³/mol. The standard InChI is InChI=1S/C13H26N2/c1-4-8-15(9-5-2)12(3)6-7-13-10-14-11-13/h13-14H,3-11H2,1-2H3. The first-order valence-electron chi connectivity index (χ1n) is 6.41. The Labute approximate surface area is 94.7 Å². The molecule has 15 heavy (non-hydrogen) atoms. The highest BCUT2D eigenvalue weighted by Gasteiger charge is 2.17. The summed E-state index contributed by atoms with van der Waals surface area (Å²) in [5, 5.41) is 3.32. The van der Waals surface area contributed by atoms with Gasteiger partial charge < -0.3 is 10.2 Å². The van der Waals surface area contributed by atoms with E-state index in [-0.39, 0.29) is 0 Å². The Hall–Kier alpha value is -0.500. The SMILES string of the molecule is C=C(CCC1CNC1)N(CCC)CCC. The van der Waals surface area contributed by atoms with E-state index in [0.29, 0.717) is 0 Å². The summed E-state index contributed by atoms with van der Waals surface area (Å²) in [5.41, 5.74) is 1.35. The number of hydrogen-bond donors (Lipinski definition) is 1. The lowest BCUT2D eigenvalue weighted by Gasteiger charge is -2.30. The van der Waals surface area contributed by atoms with Gasteiger partial charge in [-0.1, -0.05) is 20.4 Å². The second-order valence-electron chi connectivity index (χ2n) is 4.62. The number of nitrogens with zero attached hydrogens (tertiary/aromatic N) is 1. The molecule has 2 nitrogen and oxygen atoms in total. The lowest BCUT2D eigenvalue weighted by Crippen LogP contribution is -2.42. The Morgan fingerprint density at radius 2 is 1.87 bits per heavy atom. The van der Waals surface area contributed by atoms with Gasteiger partial charge in [-0.25, -0.2) is 0 Å². The summed E-state index contributed by atoms with van der Waals surface area (Å²) in [4.78, 5) is 2.46. The summed E-state index contributed by atoms with van der Waals surface area (Å²) in [7, 11) is 0. The second-order valence-corrected chi connectivity index (χ2v) is 4.62. The van der Waals surface area contributed by atoms with Crippen LogP contribution in [0.2, 0.25) is 0 Å². The van der Waals surface area contributed by atoms with Crippen LogP contribution in [-0.2, 0) is 0 Å². The summed E-state index contributed by atoms with van der Waals surface area (Å²) in [6, 6.07) is 0. The first kappa shape index (κ1) is 12.6. The largest absolute Gasteiger partial charge is 0.375 e. The molecular weight excluding hydrogens is 184 g/mol. The van der Waals surface area contributed by atoms with Crippen molar-refractivity contribution in [2.75, 3.05) is 26.2 Å². The molecular formula is C13H26N2. The molecule has 0 radical (unpaired) electrons. The summed E-state index contributed by atoms with van der Waals surface area (Å²) >= 11 is 0. The van der Waals surface area contributed by atoms with E-state index in [0.717, 1.165) is 5.92 Å². The maximum atomic E-state index is 4.23. The van der Waals surface area contributed by atoms with Crippen LogP contribution in [0.5, 0.6) is 0 Å². The molecule has 0 aromatic heterocycles. The zero-order valence-corrected chi connectivity index (χ0v) is 10.4. The highest BCUT2D eigenvalue weighted by molar-refractivity contribution is 4.95. The van der Waals surface area contributed by atoms with Crippen LogP contribution in [0, 0.1) is 5.92 Å². The molecule has 88 valence electrons. The van der Waals surface area contributed by atoms with Crippen LogP contribution < -0.4 is 5.32 Å². The Balaban J connectivity index is 2.20. The van der Waals surface area contributed by atoms with Crippen LogP contribution in [0.1, 0.15) is 39.5 Å². The van der Waals surface area contributed by atoms with E-state index < -0.39 is 0 Å². The lowest BCUT2D eigenvalue weighted by atomic mass is 9.96. The molecule has 2 heteroatoms. The van der Waals surface area contributed by atoms with Gasteiger partial charge in [0.2, 0.25) is 0 Å². The average molecular weight is 210 g/mol. The van der Waals surface area contributed by atoms with Gasteiger partial charge in [-0.2, -0.15) is 0 Å². The van der Waals surface area contributed by atoms with Crippen molar-refractivity contribution in [1.29, 1.82) is 0 Å². The van der Waals surface area contributed by atoms with Crippen LogP contribution in [-0.4, -0.2) is 31.1 Å². The molecule has 1 N–H and O–H groups in total. The minimum Gasteiger partial charge on any atom is -0.375 e. The Kier molecular flexibility index (Phi) is 5.77. The molecule has 0 unspecified atom stereocenters. The number of nitrogens with one attached hydrogen (secondary N) is 1. The smallest absolute Gasteiger partial charge is 0.0172 e. The highest BCUT2D eigenvalue weighted by atomic mass is 15.1. The quantitative estimate of drug-likeness (QED) is 0.662. The third-order valence-electron chi connectivity index (χ3n) is 3.14. The van der Waals surface area contributed by atoms with Crippen molar-refractivity contribution in [2.24, 2.45) is 5.92 Å². The van der Waals surface area contributed by atoms with E-state index in [4.69, 9.17) is 0 Å². The van der Waals surface area contributed by atoms with Gasteiger partial charge in [0, 0.05) is 18.8 Å². The summed E-state index contributed by atoms with van der Waals surface area (Å²) in [6.45, 7) is 13.5. The third kappa shape index (κ3) is 4.25. The van der Waals surface area contributed by atoms with Crippen LogP contribution >= 0.6 is 0 Å². The minimum atomic E-state index is 0.909. The van der Waals surface area contributed by atoms with Gasteiger partial charge in [0.1, 0.15) is 0 Å². The van der Waals surface area contributed by atoms with Crippen molar-refractivity contribution < 1.29 is 0 Å². The molecule has 1 rings (SSSR count). The molecule has 0 aliphatic carbocycles. The van der Waals surface area contributed by atoms with E-state index in [1.54, 1.807) is 0 Å². The lowest BCUT2D eigenvalue weighted by molar-refractivity contribution is 0.293. The zero-order chi connectivity index (χ0) is 11.1. The van der Waals surface area contributed by atoms with E-state index in [1.165, 1.54) is 57.6 Å². The molecule has 1 heterocycles. The van der Waals surface area contributed by atoms with Crippen molar-refractivity contribution in [3.8, 4) is 0 Å². The topological polar surface area (TPSA) is 15.3 Å². The zero-order valence-electron chi connectivity index (χ0n) is 10.4. The van der Waals surface area contributed by atoms with Gasteiger partial charge in [-0.15, -0.1) is 0 Å². The van der Waals surface area contributed by atoms with E-state index in [9.17, 15) is 0 Å². The Bertz CT molecular complexity index is 179. The van der Waals surface area contributed by atoms with Gasteiger partial charge in [0.25, 0.3) is 0 Å². The summed E-state index contributed by atoms with van der Waals surface area (Å²) in [6.07, 6.45) is 4.95.